The van der Waals surface area contributed by atoms with Crippen molar-refractivity contribution in [2.24, 2.45) is 5.73 Å². The molecule has 15 heavy (non-hydrogen) atoms. The molecule has 1 unspecified atom stereocenters. The zero-order chi connectivity index (χ0) is 10.8. The summed E-state index contributed by atoms with van der Waals surface area (Å²) in [5.41, 5.74) is 7.37. The third-order valence-corrected chi connectivity index (χ3v) is 2.37. The van der Waals surface area contributed by atoms with E-state index in [4.69, 9.17) is 15.6 Å². The van der Waals surface area contributed by atoms with Gasteiger partial charge in [0.2, 0.25) is 0 Å². The van der Waals surface area contributed by atoms with Crippen molar-refractivity contribution in [3.63, 3.8) is 0 Å². The van der Waals surface area contributed by atoms with Crippen molar-refractivity contribution in [1.82, 2.24) is 4.98 Å². The molecule has 5 heteroatoms. The van der Waals surface area contributed by atoms with Crippen LogP contribution >= 0.6 is 0 Å². The van der Waals surface area contributed by atoms with Crippen LogP contribution in [-0.2, 0) is 11.2 Å². The first-order chi connectivity index (χ1) is 7.16. The second kappa shape index (κ2) is 3.86. The smallest absolute Gasteiger partial charge is 0.305 e. The van der Waals surface area contributed by atoms with E-state index in [0.29, 0.717) is 12.3 Å². The molecular formula is C10H12N2O3. The molecule has 1 atom stereocenters. The molecular weight excluding hydrogens is 196 g/mol. The Balaban J connectivity index is 2.19. The van der Waals surface area contributed by atoms with E-state index in [1.807, 2.05) is 6.07 Å². The molecule has 3 N–H and O–H groups in total. The van der Waals surface area contributed by atoms with E-state index in [0.717, 1.165) is 17.7 Å². The van der Waals surface area contributed by atoms with Crippen molar-refractivity contribution in [3.05, 3.63) is 23.5 Å². The van der Waals surface area contributed by atoms with Gasteiger partial charge in [0, 0.05) is 12.0 Å². The highest BCUT2D eigenvalue weighted by Crippen LogP contribution is 2.26. The lowest BCUT2D eigenvalue weighted by Gasteiger charge is -2.09. The van der Waals surface area contributed by atoms with Gasteiger partial charge < -0.3 is 15.6 Å². The van der Waals surface area contributed by atoms with Crippen LogP contribution in [0.15, 0.2) is 12.3 Å². The molecule has 1 aliphatic heterocycles. The van der Waals surface area contributed by atoms with Crippen LogP contribution < -0.4 is 10.5 Å². The molecule has 1 aromatic rings. The number of carbonyl (C=O) groups is 1. The molecule has 80 valence electrons. The lowest BCUT2D eigenvalue weighted by atomic mass is 10.1. The molecule has 0 saturated heterocycles. The summed E-state index contributed by atoms with van der Waals surface area (Å²) < 4.78 is 5.29. The summed E-state index contributed by atoms with van der Waals surface area (Å²) in [7, 11) is 0. The third-order valence-electron chi connectivity index (χ3n) is 2.37. The van der Waals surface area contributed by atoms with Gasteiger partial charge in [-0.1, -0.05) is 0 Å². The number of aromatic nitrogens is 1. The summed E-state index contributed by atoms with van der Waals surface area (Å²) in [6, 6.07) is 1.28. The van der Waals surface area contributed by atoms with Gasteiger partial charge in [-0.25, -0.2) is 0 Å². The first kappa shape index (κ1) is 9.92. The van der Waals surface area contributed by atoms with Crippen LogP contribution in [0.2, 0.25) is 0 Å². The molecule has 0 aromatic carbocycles. The first-order valence-corrected chi connectivity index (χ1v) is 4.76. The van der Waals surface area contributed by atoms with Gasteiger partial charge in [0.25, 0.3) is 0 Å². The summed E-state index contributed by atoms with van der Waals surface area (Å²) in [5, 5.41) is 8.61. The Morgan fingerprint density at radius 2 is 2.53 bits per heavy atom. The maximum Gasteiger partial charge on any atom is 0.305 e. The topological polar surface area (TPSA) is 85.4 Å². The average molecular weight is 208 g/mol. The summed E-state index contributed by atoms with van der Waals surface area (Å²) in [4.78, 5) is 14.6. The van der Waals surface area contributed by atoms with Gasteiger partial charge >= 0.3 is 5.97 Å². The van der Waals surface area contributed by atoms with Crippen molar-refractivity contribution < 1.29 is 14.6 Å². The normalized spacial score (nSPS) is 15.5. The second-order valence-corrected chi connectivity index (χ2v) is 3.52. The Morgan fingerprint density at radius 3 is 3.27 bits per heavy atom. The molecule has 0 amide bonds. The number of hydrogen-bond acceptors (Lipinski definition) is 4. The Morgan fingerprint density at radius 1 is 1.73 bits per heavy atom. The number of nitrogens with two attached hydrogens (primary N) is 1. The average Bonchev–Trinajstić information content (AvgIpc) is 2.62. The molecule has 1 aliphatic rings. The lowest BCUT2D eigenvalue weighted by molar-refractivity contribution is -0.137. The number of nitrogens with zero attached hydrogens (tertiary/aromatic N) is 1. The second-order valence-electron chi connectivity index (χ2n) is 3.52. The Hall–Kier alpha value is -1.62. The minimum atomic E-state index is -0.916. The summed E-state index contributed by atoms with van der Waals surface area (Å²) in [5.74, 6) is -0.137. The first-order valence-electron chi connectivity index (χ1n) is 4.76. The molecule has 0 fully saturated rings. The summed E-state index contributed by atoms with van der Waals surface area (Å²) in [6.07, 6.45) is 2.34. The van der Waals surface area contributed by atoms with Crippen LogP contribution in [0.3, 0.4) is 0 Å². The summed E-state index contributed by atoms with van der Waals surface area (Å²) in [6.45, 7) is 0.661. The Kier molecular flexibility index (Phi) is 2.55. The van der Waals surface area contributed by atoms with Crippen LogP contribution in [0.1, 0.15) is 23.7 Å². The van der Waals surface area contributed by atoms with E-state index in [2.05, 4.69) is 4.98 Å². The SMILES string of the molecule is NC(CC(=O)O)c1cc2c(cn1)OCC2. The highest BCUT2D eigenvalue weighted by atomic mass is 16.5. The number of rotatable bonds is 3. The molecule has 1 aromatic heterocycles. The van der Waals surface area contributed by atoms with Gasteiger partial charge in [-0.15, -0.1) is 0 Å². The minimum absolute atomic E-state index is 0.105. The van der Waals surface area contributed by atoms with Crippen molar-refractivity contribution in [1.29, 1.82) is 0 Å². The number of ether oxygens (including phenoxy) is 1. The minimum Gasteiger partial charge on any atom is -0.491 e. The van der Waals surface area contributed by atoms with E-state index in [-0.39, 0.29) is 6.42 Å². The molecule has 2 heterocycles. The van der Waals surface area contributed by atoms with Crippen LogP contribution in [-0.4, -0.2) is 22.7 Å². The Bertz CT molecular complexity index is 392. The Labute approximate surface area is 86.9 Å². The van der Waals surface area contributed by atoms with E-state index < -0.39 is 12.0 Å². The number of fused-ring (bicyclic) bond motifs is 1. The molecule has 0 spiro atoms. The standard InChI is InChI=1S/C10H12N2O3/c11-7(4-10(13)14)8-3-6-1-2-15-9(6)5-12-8/h3,5,7H,1-2,4,11H2,(H,13,14). The monoisotopic (exact) mass is 208 g/mol. The molecule has 0 saturated carbocycles. The van der Waals surface area contributed by atoms with Gasteiger partial charge in [0.05, 0.1) is 31.0 Å². The van der Waals surface area contributed by atoms with Crippen LogP contribution in [0.4, 0.5) is 0 Å². The van der Waals surface area contributed by atoms with Gasteiger partial charge in [-0.2, -0.15) is 0 Å². The van der Waals surface area contributed by atoms with E-state index >= 15 is 0 Å². The largest absolute Gasteiger partial charge is 0.491 e. The van der Waals surface area contributed by atoms with E-state index in [9.17, 15) is 4.79 Å². The van der Waals surface area contributed by atoms with Crippen molar-refractivity contribution in [3.8, 4) is 5.75 Å². The lowest BCUT2D eigenvalue weighted by Crippen LogP contribution is -2.16. The number of carboxylic acids is 1. The maximum absolute atomic E-state index is 10.5. The van der Waals surface area contributed by atoms with Gasteiger partial charge in [0.15, 0.2) is 0 Å². The van der Waals surface area contributed by atoms with Crippen LogP contribution in [0.5, 0.6) is 5.75 Å². The molecule has 0 radical (unpaired) electrons. The predicted octanol–water partition coefficient (Wildman–Crippen LogP) is 0.491. The fraction of sp³-hybridized carbons (Fsp3) is 0.400. The molecule has 0 bridgehead atoms. The van der Waals surface area contributed by atoms with Crippen molar-refractivity contribution >= 4 is 5.97 Å². The number of aliphatic carboxylic acids is 1. The fourth-order valence-corrected chi connectivity index (χ4v) is 1.59. The molecule has 2 rings (SSSR count). The fourth-order valence-electron chi connectivity index (χ4n) is 1.59. The van der Waals surface area contributed by atoms with Crippen molar-refractivity contribution in [2.45, 2.75) is 18.9 Å². The van der Waals surface area contributed by atoms with E-state index in [1.165, 1.54) is 0 Å². The van der Waals surface area contributed by atoms with E-state index in [1.54, 1.807) is 6.20 Å². The maximum atomic E-state index is 10.5. The zero-order valence-corrected chi connectivity index (χ0v) is 8.14. The van der Waals surface area contributed by atoms with Gasteiger partial charge in [0.1, 0.15) is 5.75 Å². The van der Waals surface area contributed by atoms with Crippen molar-refractivity contribution in [2.75, 3.05) is 6.61 Å². The summed E-state index contributed by atoms with van der Waals surface area (Å²) >= 11 is 0. The zero-order valence-electron chi connectivity index (χ0n) is 8.14. The molecule has 0 aliphatic carbocycles. The predicted molar refractivity (Wildman–Crippen MR) is 52.6 cm³/mol. The highest BCUT2D eigenvalue weighted by Gasteiger charge is 2.17. The quantitative estimate of drug-likeness (QED) is 0.755. The highest BCUT2D eigenvalue weighted by molar-refractivity contribution is 5.67. The number of hydrogen-bond donors (Lipinski definition) is 2. The van der Waals surface area contributed by atoms with Gasteiger partial charge in [-0.05, 0) is 6.07 Å². The molecule has 5 nitrogen and oxygen atoms in total. The van der Waals surface area contributed by atoms with Gasteiger partial charge in [-0.3, -0.25) is 9.78 Å². The van der Waals surface area contributed by atoms with Crippen LogP contribution in [0, 0.1) is 0 Å². The number of pyridine rings is 1. The number of carboxylic acid groups (broad SMARTS) is 1. The third kappa shape index (κ3) is 2.07. The van der Waals surface area contributed by atoms with Crippen LogP contribution in [0.25, 0.3) is 0 Å².